The van der Waals surface area contributed by atoms with Gasteiger partial charge in [-0.25, -0.2) is 4.98 Å². The summed E-state index contributed by atoms with van der Waals surface area (Å²) in [4.78, 5) is 17.0. The van der Waals surface area contributed by atoms with Crippen molar-refractivity contribution < 1.29 is 15.0 Å². The van der Waals surface area contributed by atoms with E-state index in [-0.39, 0.29) is 5.91 Å². The molecule has 0 fully saturated rings. The van der Waals surface area contributed by atoms with Gasteiger partial charge in [0.15, 0.2) is 0 Å². The van der Waals surface area contributed by atoms with E-state index in [0.29, 0.717) is 35.4 Å². The number of amides is 1. The first-order chi connectivity index (χ1) is 13.4. The van der Waals surface area contributed by atoms with Gasteiger partial charge in [0.2, 0.25) is 0 Å². The molecule has 7 nitrogen and oxygen atoms in total. The number of nitrogens with zero attached hydrogens (tertiary/aromatic N) is 3. The number of aromatic nitrogens is 3. The fourth-order valence-electron chi connectivity index (χ4n) is 3.09. The molecule has 0 atom stereocenters. The van der Waals surface area contributed by atoms with E-state index in [1.54, 1.807) is 50.6 Å². The minimum absolute atomic E-state index is 0.313. The zero-order valence-corrected chi connectivity index (χ0v) is 17.5. The average molecular weight is 396 g/mol. The van der Waals surface area contributed by atoms with E-state index in [1.165, 1.54) is 0 Å². The van der Waals surface area contributed by atoms with Crippen molar-refractivity contribution >= 4 is 22.5 Å². The molecule has 0 aliphatic rings. The number of aryl methyl sites for hydroxylation is 2. The van der Waals surface area contributed by atoms with Crippen LogP contribution in [0.1, 0.15) is 55.9 Å². The van der Waals surface area contributed by atoms with E-state index in [1.807, 2.05) is 25.3 Å². The van der Waals surface area contributed by atoms with Crippen LogP contribution in [0, 0.1) is 6.92 Å². The molecule has 3 rings (SSSR count). The summed E-state index contributed by atoms with van der Waals surface area (Å²) in [5, 5.41) is 28.9. The Hall–Kier alpha value is -2.77. The molecule has 0 bridgehead atoms. The minimum atomic E-state index is -1.17. The molecular weight excluding hydrogens is 368 g/mol. The van der Waals surface area contributed by atoms with Crippen LogP contribution >= 0.6 is 0 Å². The molecule has 0 radical (unpaired) electrons. The highest BCUT2D eigenvalue weighted by atomic mass is 16.3. The monoisotopic (exact) mass is 396 g/mol. The van der Waals surface area contributed by atoms with E-state index >= 15 is 0 Å². The molecule has 7 heteroatoms. The summed E-state index contributed by atoms with van der Waals surface area (Å²) in [6, 6.07) is 8.86. The number of fused-ring (bicyclic) bond motifs is 1. The van der Waals surface area contributed by atoms with Crippen molar-refractivity contribution in [3.63, 3.8) is 0 Å². The van der Waals surface area contributed by atoms with Gasteiger partial charge in [-0.3, -0.25) is 9.48 Å². The first kappa shape index (κ1) is 21.0. The maximum atomic E-state index is 12.7. The Kier molecular flexibility index (Phi) is 5.47. The van der Waals surface area contributed by atoms with Gasteiger partial charge in [0.1, 0.15) is 5.69 Å². The molecular formula is C22H28N4O3. The highest BCUT2D eigenvalue weighted by molar-refractivity contribution is 6.04. The lowest BCUT2D eigenvalue weighted by atomic mass is 9.95. The van der Waals surface area contributed by atoms with Gasteiger partial charge >= 0.3 is 0 Å². The first-order valence-electron chi connectivity index (χ1n) is 9.64. The van der Waals surface area contributed by atoms with Crippen LogP contribution in [-0.4, -0.2) is 36.5 Å². The smallest absolute Gasteiger partial charge is 0.274 e. The summed E-state index contributed by atoms with van der Waals surface area (Å²) in [5.41, 5.74) is 0.907. The average Bonchev–Trinajstić information content (AvgIpc) is 3.00. The van der Waals surface area contributed by atoms with Crippen LogP contribution in [0.2, 0.25) is 0 Å². The van der Waals surface area contributed by atoms with E-state index in [4.69, 9.17) is 0 Å². The molecule has 3 N–H and O–H groups in total. The Labute approximate surface area is 170 Å². The third kappa shape index (κ3) is 5.19. The second-order valence-corrected chi connectivity index (χ2v) is 8.59. The van der Waals surface area contributed by atoms with Crippen LogP contribution in [0.3, 0.4) is 0 Å². The van der Waals surface area contributed by atoms with Gasteiger partial charge < -0.3 is 15.5 Å². The van der Waals surface area contributed by atoms with Crippen LogP contribution in [0.4, 0.5) is 5.69 Å². The molecule has 2 aromatic heterocycles. The fourth-order valence-corrected chi connectivity index (χ4v) is 3.09. The predicted octanol–water partition coefficient (Wildman–Crippen LogP) is 3.38. The third-order valence-corrected chi connectivity index (χ3v) is 4.67. The first-order valence-corrected chi connectivity index (χ1v) is 9.64. The second-order valence-electron chi connectivity index (χ2n) is 8.59. The number of nitrogens with one attached hydrogen (secondary N) is 1. The van der Waals surface area contributed by atoms with Crippen molar-refractivity contribution in [3.8, 4) is 0 Å². The van der Waals surface area contributed by atoms with Gasteiger partial charge in [0.25, 0.3) is 5.91 Å². The summed E-state index contributed by atoms with van der Waals surface area (Å²) in [7, 11) is 0. The molecule has 0 saturated heterocycles. The van der Waals surface area contributed by atoms with E-state index in [2.05, 4.69) is 15.4 Å². The van der Waals surface area contributed by atoms with Crippen molar-refractivity contribution in [2.45, 2.75) is 58.8 Å². The largest absolute Gasteiger partial charge is 0.390 e. The molecule has 2 heterocycles. The van der Waals surface area contributed by atoms with Crippen molar-refractivity contribution in [3.05, 3.63) is 53.5 Å². The number of carbonyl (C=O) groups is 1. The van der Waals surface area contributed by atoms with Gasteiger partial charge in [-0.05, 0) is 65.3 Å². The second kappa shape index (κ2) is 7.57. The Morgan fingerprint density at radius 2 is 1.90 bits per heavy atom. The predicted molar refractivity (Wildman–Crippen MR) is 113 cm³/mol. The quantitative estimate of drug-likeness (QED) is 0.593. The maximum Gasteiger partial charge on any atom is 0.274 e. The van der Waals surface area contributed by atoms with Crippen molar-refractivity contribution in [1.82, 2.24) is 14.8 Å². The molecule has 154 valence electrons. The lowest BCUT2D eigenvalue weighted by Crippen LogP contribution is -2.21. The van der Waals surface area contributed by atoms with Gasteiger partial charge in [0, 0.05) is 35.1 Å². The number of hydrogen-bond donors (Lipinski definition) is 3. The number of carbonyl (C=O) groups excluding carboxylic acids is 1. The van der Waals surface area contributed by atoms with Gasteiger partial charge in [0.05, 0.1) is 16.7 Å². The zero-order chi connectivity index (χ0) is 21.4. The molecule has 3 aromatic rings. The van der Waals surface area contributed by atoms with E-state index < -0.39 is 11.2 Å². The van der Waals surface area contributed by atoms with Crippen LogP contribution < -0.4 is 5.32 Å². The van der Waals surface area contributed by atoms with Gasteiger partial charge in [-0.15, -0.1) is 0 Å². The number of aliphatic hydroxyl groups is 2. The molecule has 0 aliphatic heterocycles. The minimum Gasteiger partial charge on any atom is -0.390 e. The number of benzene rings is 1. The van der Waals surface area contributed by atoms with Crippen molar-refractivity contribution in [2.24, 2.45) is 0 Å². The van der Waals surface area contributed by atoms with E-state index in [0.717, 1.165) is 11.1 Å². The Morgan fingerprint density at radius 1 is 1.17 bits per heavy atom. The Balaban J connectivity index is 1.97. The molecule has 1 amide bonds. The molecule has 0 aliphatic carbocycles. The molecule has 1 aromatic carbocycles. The number of hydrogen-bond acceptors (Lipinski definition) is 5. The topological polar surface area (TPSA) is 100 Å². The molecule has 0 saturated carbocycles. The number of rotatable bonds is 6. The standard InChI is InChI=1S/C22H28N4O3/c1-14-7-6-8-17(23-14)20(27)24-19-11-15-13-26(10-9-21(2,3)28)25-18(15)12-16(19)22(4,5)29/h6-8,11-13,28-29H,9-10H2,1-5H3,(H,24,27). The highest BCUT2D eigenvalue weighted by Gasteiger charge is 2.23. The fraction of sp³-hybridized carbons (Fsp3) is 0.409. The van der Waals surface area contributed by atoms with Crippen LogP contribution in [-0.2, 0) is 12.1 Å². The number of anilines is 1. The summed E-state index contributed by atoms with van der Waals surface area (Å²) in [6.45, 7) is 9.24. The molecule has 0 spiro atoms. The Morgan fingerprint density at radius 3 is 2.52 bits per heavy atom. The lowest BCUT2D eigenvalue weighted by Gasteiger charge is -2.22. The highest BCUT2D eigenvalue weighted by Crippen LogP contribution is 2.32. The Bertz CT molecular complexity index is 1040. The van der Waals surface area contributed by atoms with Crippen LogP contribution in [0.15, 0.2) is 36.5 Å². The van der Waals surface area contributed by atoms with Gasteiger partial charge in [-0.1, -0.05) is 6.07 Å². The molecule has 29 heavy (non-hydrogen) atoms. The molecule has 0 unspecified atom stereocenters. The third-order valence-electron chi connectivity index (χ3n) is 4.67. The summed E-state index contributed by atoms with van der Waals surface area (Å²) in [5.74, 6) is -0.340. The van der Waals surface area contributed by atoms with Gasteiger partial charge in [-0.2, -0.15) is 5.10 Å². The summed E-state index contributed by atoms with van der Waals surface area (Å²) < 4.78 is 1.77. The van der Waals surface area contributed by atoms with Crippen LogP contribution in [0.25, 0.3) is 10.9 Å². The number of pyridine rings is 1. The summed E-state index contributed by atoms with van der Waals surface area (Å²) >= 11 is 0. The van der Waals surface area contributed by atoms with Crippen molar-refractivity contribution in [1.29, 1.82) is 0 Å². The lowest BCUT2D eigenvalue weighted by molar-refractivity contribution is 0.0651. The normalized spacial score (nSPS) is 12.4. The summed E-state index contributed by atoms with van der Waals surface area (Å²) in [6.07, 6.45) is 2.43. The van der Waals surface area contributed by atoms with Crippen molar-refractivity contribution in [2.75, 3.05) is 5.32 Å². The zero-order valence-electron chi connectivity index (χ0n) is 17.5. The maximum absolute atomic E-state index is 12.7. The van der Waals surface area contributed by atoms with Crippen LogP contribution in [0.5, 0.6) is 0 Å². The SMILES string of the molecule is Cc1cccc(C(=O)Nc2cc3cn(CCC(C)(C)O)nc3cc2C(C)(C)O)n1. The van der Waals surface area contributed by atoms with E-state index in [9.17, 15) is 15.0 Å².